The molecule has 114 valence electrons. The Bertz CT molecular complexity index is 701. The van der Waals surface area contributed by atoms with Crippen molar-refractivity contribution in [3.05, 3.63) is 62.6 Å². The number of methoxy groups -OCH3 is 1. The minimum atomic E-state index is -0.508. The molecule has 0 radical (unpaired) electrons. The Kier molecular flexibility index (Phi) is 5.11. The second-order valence-corrected chi connectivity index (χ2v) is 5.35. The predicted molar refractivity (Wildman–Crippen MR) is 86.1 cm³/mol. The monoisotopic (exact) mass is 364 g/mol. The quantitative estimate of drug-likeness (QED) is 0.649. The third-order valence-electron chi connectivity index (χ3n) is 2.96. The number of amides is 1. The summed E-state index contributed by atoms with van der Waals surface area (Å²) in [6, 6.07) is 11.3. The summed E-state index contributed by atoms with van der Waals surface area (Å²) in [5.41, 5.74) is 1.11. The van der Waals surface area contributed by atoms with Gasteiger partial charge < -0.3 is 10.1 Å². The Hall–Kier alpha value is -2.41. The zero-order chi connectivity index (χ0) is 16.1. The van der Waals surface area contributed by atoms with E-state index < -0.39 is 4.92 Å². The molecule has 0 aliphatic carbocycles. The summed E-state index contributed by atoms with van der Waals surface area (Å²) in [7, 11) is 1.57. The normalized spacial score (nSPS) is 10.1. The summed E-state index contributed by atoms with van der Waals surface area (Å²) in [6.45, 7) is 0. The number of ether oxygens (including phenoxy) is 1. The molecule has 0 aliphatic rings. The van der Waals surface area contributed by atoms with Crippen LogP contribution in [0.2, 0.25) is 0 Å². The molecule has 2 aromatic carbocycles. The van der Waals surface area contributed by atoms with E-state index in [4.69, 9.17) is 4.74 Å². The zero-order valence-electron chi connectivity index (χ0n) is 11.7. The highest BCUT2D eigenvalue weighted by atomic mass is 79.9. The fraction of sp³-hybridized carbons (Fsp3) is 0.133. The lowest BCUT2D eigenvalue weighted by Crippen LogP contribution is -2.14. The average molecular weight is 365 g/mol. The molecule has 0 heterocycles. The molecule has 2 aromatic rings. The van der Waals surface area contributed by atoms with Crippen LogP contribution < -0.4 is 10.1 Å². The summed E-state index contributed by atoms with van der Waals surface area (Å²) < 4.78 is 5.63. The largest absolute Gasteiger partial charge is 0.497 e. The van der Waals surface area contributed by atoms with Crippen LogP contribution in [0.3, 0.4) is 0 Å². The summed E-state index contributed by atoms with van der Waals surface area (Å²) in [5, 5.41) is 13.4. The molecule has 2 rings (SSSR count). The van der Waals surface area contributed by atoms with Crippen molar-refractivity contribution in [2.24, 2.45) is 0 Å². The number of halogens is 1. The molecular formula is C15H13BrN2O4. The van der Waals surface area contributed by atoms with Crippen LogP contribution >= 0.6 is 15.9 Å². The second kappa shape index (κ2) is 7.04. The first kappa shape index (κ1) is 16.0. The van der Waals surface area contributed by atoms with E-state index in [0.717, 1.165) is 5.56 Å². The van der Waals surface area contributed by atoms with Crippen molar-refractivity contribution in [3.8, 4) is 5.75 Å². The lowest BCUT2D eigenvalue weighted by atomic mass is 10.1. The molecular weight excluding hydrogens is 352 g/mol. The van der Waals surface area contributed by atoms with Gasteiger partial charge in [-0.05, 0) is 39.7 Å². The number of rotatable bonds is 5. The van der Waals surface area contributed by atoms with Crippen molar-refractivity contribution < 1.29 is 14.5 Å². The van der Waals surface area contributed by atoms with E-state index in [1.807, 2.05) is 0 Å². The molecule has 1 N–H and O–H groups in total. The zero-order valence-corrected chi connectivity index (χ0v) is 13.3. The Balaban J connectivity index is 2.08. The van der Waals surface area contributed by atoms with Gasteiger partial charge in [0.2, 0.25) is 5.91 Å². The number of hydrogen-bond donors (Lipinski definition) is 1. The van der Waals surface area contributed by atoms with Gasteiger partial charge in [-0.15, -0.1) is 0 Å². The topological polar surface area (TPSA) is 81.5 Å². The van der Waals surface area contributed by atoms with Gasteiger partial charge >= 0.3 is 0 Å². The third kappa shape index (κ3) is 4.05. The van der Waals surface area contributed by atoms with Gasteiger partial charge in [-0.1, -0.05) is 12.1 Å². The average Bonchev–Trinajstić information content (AvgIpc) is 2.50. The Morgan fingerprint density at radius 1 is 1.27 bits per heavy atom. The van der Waals surface area contributed by atoms with Crippen molar-refractivity contribution in [2.45, 2.75) is 6.42 Å². The number of nitrogens with one attached hydrogen (secondary N) is 1. The summed E-state index contributed by atoms with van der Waals surface area (Å²) in [6.07, 6.45) is 0.166. The standard InChI is InChI=1S/C15H13BrN2O4/c1-22-12-5-2-10(3-6-12)8-15(19)17-14-9-11(18(20)21)4-7-13(14)16/h2-7,9H,8H2,1H3,(H,17,19). The molecule has 0 atom stereocenters. The SMILES string of the molecule is COc1ccc(CC(=O)Nc2cc([N+](=O)[O-])ccc2Br)cc1. The third-order valence-corrected chi connectivity index (χ3v) is 3.65. The van der Waals surface area contributed by atoms with Gasteiger partial charge in [0.1, 0.15) is 5.75 Å². The Morgan fingerprint density at radius 3 is 2.55 bits per heavy atom. The van der Waals surface area contributed by atoms with E-state index in [0.29, 0.717) is 15.9 Å². The molecule has 0 unspecified atom stereocenters. The summed E-state index contributed by atoms with van der Waals surface area (Å²) in [4.78, 5) is 22.3. The number of non-ortho nitro benzene ring substituents is 1. The van der Waals surface area contributed by atoms with Crippen molar-refractivity contribution in [1.82, 2.24) is 0 Å². The molecule has 0 saturated carbocycles. The van der Waals surface area contributed by atoms with Crippen molar-refractivity contribution >= 4 is 33.2 Å². The Labute approximate surface area is 135 Å². The van der Waals surface area contributed by atoms with Crippen molar-refractivity contribution in [3.63, 3.8) is 0 Å². The van der Waals surface area contributed by atoms with Gasteiger partial charge in [0.15, 0.2) is 0 Å². The van der Waals surface area contributed by atoms with Gasteiger partial charge in [-0.25, -0.2) is 0 Å². The Morgan fingerprint density at radius 2 is 1.95 bits per heavy atom. The van der Waals surface area contributed by atoms with Crippen LogP contribution in [0.4, 0.5) is 11.4 Å². The number of benzene rings is 2. The maximum absolute atomic E-state index is 12.0. The van der Waals surface area contributed by atoms with Crippen LogP contribution in [0.1, 0.15) is 5.56 Å². The van der Waals surface area contributed by atoms with Crippen molar-refractivity contribution in [2.75, 3.05) is 12.4 Å². The van der Waals surface area contributed by atoms with Crippen LogP contribution in [0.15, 0.2) is 46.9 Å². The predicted octanol–water partition coefficient (Wildman–Crippen LogP) is 3.55. The fourth-order valence-electron chi connectivity index (χ4n) is 1.85. The van der Waals surface area contributed by atoms with Gasteiger partial charge in [-0.3, -0.25) is 14.9 Å². The van der Waals surface area contributed by atoms with Gasteiger partial charge in [0.25, 0.3) is 5.69 Å². The summed E-state index contributed by atoms with van der Waals surface area (Å²) in [5.74, 6) is 0.456. The van der Waals surface area contributed by atoms with E-state index in [1.54, 1.807) is 31.4 Å². The fourth-order valence-corrected chi connectivity index (χ4v) is 2.19. The number of carbonyl (C=O) groups is 1. The molecule has 0 spiro atoms. The molecule has 6 nitrogen and oxygen atoms in total. The lowest BCUT2D eigenvalue weighted by molar-refractivity contribution is -0.384. The minimum absolute atomic E-state index is 0.0806. The molecule has 1 amide bonds. The number of anilines is 1. The van der Waals surface area contributed by atoms with Gasteiger partial charge in [0, 0.05) is 16.6 Å². The first-order valence-corrected chi connectivity index (χ1v) is 7.15. The number of nitro groups is 1. The number of nitro benzene ring substituents is 1. The maximum atomic E-state index is 12.0. The molecule has 0 bridgehead atoms. The van der Waals surface area contributed by atoms with Gasteiger partial charge in [0.05, 0.1) is 24.1 Å². The molecule has 7 heteroatoms. The molecule has 0 fully saturated rings. The number of nitrogens with zero attached hydrogens (tertiary/aromatic N) is 1. The van der Waals surface area contributed by atoms with E-state index in [2.05, 4.69) is 21.2 Å². The highest BCUT2D eigenvalue weighted by molar-refractivity contribution is 9.10. The molecule has 22 heavy (non-hydrogen) atoms. The first-order valence-electron chi connectivity index (χ1n) is 6.36. The van der Waals surface area contributed by atoms with Crippen LogP contribution in [-0.2, 0) is 11.2 Å². The van der Waals surface area contributed by atoms with Gasteiger partial charge in [-0.2, -0.15) is 0 Å². The van der Waals surface area contributed by atoms with Crippen LogP contribution in [0, 0.1) is 10.1 Å². The van der Waals surface area contributed by atoms with Crippen LogP contribution in [-0.4, -0.2) is 17.9 Å². The van der Waals surface area contributed by atoms with Crippen LogP contribution in [0.5, 0.6) is 5.75 Å². The van der Waals surface area contributed by atoms with E-state index in [1.165, 1.54) is 18.2 Å². The molecule has 0 saturated heterocycles. The number of carbonyl (C=O) groups excluding carboxylic acids is 1. The molecule has 0 aliphatic heterocycles. The molecule has 0 aromatic heterocycles. The van der Waals surface area contributed by atoms with Crippen molar-refractivity contribution in [1.29, 1.82) is 0 Å². The highest BCUT2D eigenvalue weighted by Crippen LogP contribution is 2.27. The lowest BCUT2D eigenvalue weighted by Gasteiger charge is -2.08. The number of hydrogen-bond acceptors (Lipinski definition) is 4. The second-order valence-electron chi connectivity index (χ2n) is 4.49. The smallest absolute Gasteiger partial charge is 0.271 e. The van der Waals surface area contributed by atoms with E-state index >= 15 is 0 Å². The van der Waals surface area contributed by atoms with Crippen LogP contribution in [0.25, 0.3) is 0 Å². The summed E-state index contributed by atoms with van der Waals surface area (Å²) >= 11 is 3.26. The van der Waals surface area contributed by atoms with E-state index in [9.17, 15) is 14.9 Å². The maximum Gasteiger partial charge on any atom is 0.271 e. The minimum Gasteiger partial charge on any atom is -0.497 e. The van der Waals surface area contributed by atoms with E-state index in [-0.39, 0.29) is 18.0 Å². The first-order chi connectivity index (χ1) is 10.5. The highest BCUT2D eigenvalue weighted by Gasteiger charge is 2.12.